The zero-order chi connectivity index (χ0) is 13.7. The van der Waals surface area contributed by atoms with Crippen molar-refractivity contribution in [1.29, 1.82) is 0 Å². The van der Waals surface area contributed by atoms with Gasteiger partial charge < -0.3 is 9.88 Å². The molecular weight excluding hydrogens is 238 g/mol. The normalized spacial score (nSPS) is 10.1. The van der Waals surface area contributed by atoms with Crippen molar-refractivity contribution < 1.29 is 9.72 Å². The van der Waals surface area contributed by atoms with E-state index < -0.39 is 16.4 Å². The van der Waals surface area contributed by atoms with Gasteiger partial charge in [-0.15, -0.1) is 0 Å². The first-order chi connectivity index (χ1) is 8.47. The number of amides is 1. The third-order valence-electron chi connectivity index (χ3n) is 2.52. The average Bonchev–Trinajstić information content (AvgIpc) is 2.35. The fourth-order valence-electron chi connectivity index (χ4n) is 1.44. The molecule has 0 spiro atoms. The Morgan fingerprint density at radius 2 is 2.22 bits per heavy atom. The number of H-pyrrole nitrogens is 1. The molecule has 0 atom stereocenters. The molecule has 98 valence electrons. The summed E-state index contributed by atoms with van der Waals surface area (Å²) in [5.41, 5.74) is -1.13. The van der Waals surface area contributed by atoms with E-state index >= 15 is 0 Å². The second kappa shape index (κ2) is 5.95. The number of aromatic amines is 1. The van der Waals surface area contributed by atoms with Gasteiger partial charge in [0.25, 0.3) is 17.2 Å². The van der Waals surface area contributed by atoms with Crippen LogP contribution in [0.3, 0.4) is 0 Å². The van der Waals surface area contributed by atoms with E-state index in [0.717, 1.165) is 25.1 Å². The zero-order valence-corrected chi connectivity index (χ0v) is 10.3. The maximum atomic E-state index is 11.9. The van der Waals surface area contributed by atoms with Crippen molar-refractivity contribution in [2.45, 2.75) is 19.8 Å². The van der Waals surface area contributed by atoms with Crippen LogP contribution in [0.4, 0.5) is 5.69 Å². The molecule has 0 aromatic carbocycles. The van der Waals surface area contributed by atoms with Gasteiger partial charge in [0.2, 0.25) is 0 Å². The summed E-state index contributed by atoms with van der Waals surface area (Å²) in [6, 6.07) is 1.00. The summed E-state index contributed by atoms with van der Waals surface area (Å²) in [6.07, 6.45) is 2.71. The van der Waals surface area contributed by atoms with Crippen LogP contribution in [0.5, 0.6) is 0 Å². The molecule has 0 unspecified atom stereocenters. The largest absolute Gasteiger partial charge is 0.342 e. The van der Waals surface area contributed by atoms with E-state index in [-0.39, 0.29) is 11.3 Å². The van der Waals surface area contributed by atoms with Gasteiger partial charge in [0, 0.05) is 19.7 Å². The van der Waals surface area contributed by atoms with E-state index in [1.54, 1.807) is 7.05 Å². The number of aromatic nitrogens is 1. The highest BCUT2D eigenvalue weighted by Gasteiger charge is 2.18. The van der Waals surface area contributed by atoms with Gasteiger partial charge in [-0.2, -0.15) is 0 Å². The number of pyridine rings is 1. The first kappa shape index (κ1) is 13.9. The Morgan fingerprint density at radius 1 is 1.56 bits per heavy atom. The third-order valence-corrected chi connectivity index (χ3v) is 2.52. The molecule has 0 saturated heterocycles. The number of carbonyl (C=O) groups is 1. The van der Waals surface area contributed by atoms with Gasteiger partial charge in [-0.3, -0.25) is 19.7 Å². The number of nitro groups is 1. The number of nitrogens with one attached hydrogen (secondary N) is 1. The minimum atomic E-state index is -0.654. The molecule has 0 radical (unpaired) electrons. The van der Waals surface area contributed by atoms with E-state index in [0.29, 0.717) is 6.54 Å². The third kappa shape index (κ3) is 3.16. The maximum Gasteiger partial charge on any atom is 0.286 e. The Morgan fingerprint density at radius 3 is 2.78 bits per heavy atom. The van der Waals surface area contributed by atoms with Crippen LogP contribution in [0.15, 0.2) is 17.1 Å². The molecule has 18 heavy (non-hydrogen) atoms. The highest BCUT2D eigenvalue weighted by atomic mass is 16.6. The van der Waals surface area contributed by atoms with Crippen LogP contribution in [0.1, 0.15) is 30.1 Å². The molecule has 0 aliphatic heterocycles. The number of hydrogen-bond donors (Lipinski definition) is 1. The Kier molecular flexibility index (Phi) is 4.59. The summed E-state index contributed by atoms with van der Waals surface area (Å²) in [5, 5.41) is 10.6. The summed E-state index contributed by atoms with van der Waals surface area (Å²) in [4.78, 5) is 36.9. The van der Waals surface area contributed by atoms with Crippen LogP contribution in [0.25, 0.3) is 0 Å². The van der Waals surface area contributed by atoms with Crippen LogP contribution >= 0.6 is 0 Å². The fourth-order valence-corrected chi connectivity index (χ4v) is 1.44. The van der Waals surface area contributed by atoms with Gasteiger partial charge in [-0.05, 0) is 6.42 Å². The van der Waals surface area contributed by atoms with Crippen LogP contribution in [0.2, 0.25) is 0 Å². The highest BCUT2D eigenvalue weighted by molar-refractivity contribution is 5.94. The predicted octanol–water partition coefficient (Wildman–Crippen LogP) is 1.16. The Balaban J connectivity index is 3.01. The predicted molar refractivity (Wildman–Crippen MR) is 65.6 cm³/mol. The van der Waals surface area contributed by atoms with Crippen LogP contribution < -0.4 is 5.56 Å². The molecule has 0 saturated carbocycles. The van der Waals surface area contributed by atoms with Gasteiger partial charge >= 0.3 is 0 Å². The average molecular weight is 253 g/mol. The second-order valence-electron chi connectivity index (χ2n) is 3.94. The molecule has 1 N–H and O–H groups in total. The Hall–Kier alpha value is -2.18. The van der Waals surface area contributed by atoms with Gasteiger partial charge in [0.15, 0.2) is 0 Å². The zero-order valence-electron chi connectivity index (χ0n) is 10.3. The summed E-state index contributed by atoms with van der Waals surface area (Å²) < 4.78 is 0. The molecular formula is C11H15N3O4. The van der Waals surface area contributed by atoms with E-state index in [9.17, 15) is 19.7 Å². The molecule has 1 aromatic rings. The highest BCUT2D eigenvalue weighted by Crippen LogP contribution is 2.09. The van der Waals surface area contributed by atoms with E-state index in [1.165, 1.54) is 4.90 Å². The van der Waals surface area contributed by atoms with Crippen molar-refractivity contribution in [2.75, 3.05) is 13.6 Å². The van der Waals surface area contributed by atoms with Crippen molar-refractivity contribution >= 4 is 11.6 Å². The first-order valence-corrected chi connectivity index (χ1v) is 5.60. The number of hydrogen-bond acceptors (Lipinski definition) is 4. The minimum Gasteiger partial charge on any atom is -0.342 e. The number of rotatable bonds is 5. The van der Waals surface area contributed by atoms with Crippen molar-refractivity contribution in [3.8, 4) is 0 Å². The van der Waals surface area contributed by atoms with Gasteiger partial charge in [0.1, 0.15) is 5.56 Å². The van der Waals surface area contributed by atoms with Crippen LogP contribution in [-0.4, -0.2) is 34.3 Å². The molecule has 0 bridgehead atoms. The molecule has 7 heteroatoms. The van der Waals surface area contributed by atoms with Crippen LogP contribution in [-0.2, 0) is 0 Å². The molecule has 0 aliphatic rings. The van der Waals surface area contributed by atoms with Crippen molar-refractivity contribution in [3.63, 3.8) is 0 Å². The lowest BCUT2D eigenvalue weighted by atomic mass is 10.2. The van der Waals surface area contributed by atoms with E-state index in [4.69, 9.17) is 0 Å². The molecule has 1 rings (SSSR count). The molecule has 1 aromatic heterocycles. The number of carbonyl (C=O) groups excluding carboxylic acids is 1. The maximum absolute atomic E-state index is 11.9. The lowest BCUT2D eigenvalue weighted by molar-refractivity contribution is -0.385. The van der Waals surface area contributed by atoms with E-state index in [1.807, 2.05) is 6.92 Å². The van der Waals surface area contributed by atoms with Crippen molar-refractivity contribution in [3.05, 3.63) is 38.3 Å². The molecule has 1 heterocycles. The molecule has 1 amide bonds. The standard InChI is InChI=1S/C11H15N3O4/c1-3-4-5-13(2)11(16)9-6-8(14(17)18)7-12-10(9)15/h6-7H,3-5H2,1-2H3,(H,12,15). The summed E-state index contributed by atoms with van der Waals surface area (Å²) in [6.45, 7) is 2.50. The van der Waals surface area contributed by atoms with Gasteiger partial charge in [-0.1, -0.05) is 13.3 Å². The SMILES string of the molecule is CCCCN(C)C(=O)c1cc([N+](=O)[O-])c[nH]c1=O. The summed E-state index contributed by atoms with van der Waals surface area (Å²) in [7, 11) is 1.57. The summed E-state index contributed by atoms with van der Waals surface area (Å²) >= 11 is 0. The monoisotopic (exact) mass is 253 g/mol. The van der Waals surface area contributed by atoms with Crippen molar-refractivity contribution in [2.24, 2.45) is 0 Å². The molecule has 7 nitrogen and oxygen atoms in total. The lowest BCUT2D eigenvalue weighted by Gasteiger charge is -2.15. The van der Waals surface area contributed by atoms with Gasteiger partial charge in [-0.25, -0.2) is 0 Å². The topological polar surface area (TPSA) is 96.3 Å². The quantitative estimate of drug-likeness (QED) is 0.629. The lowest BCUT2D eigenvalue weighted by Crippen LogP contribution is -2.32. The van der Waals surface area contributed by atoms with Crippen molar-refractivity contribution in [1.82, 2.24) is 9.88 Å². The number of nitrogens with zero attached hydrogens (tertiary/aromatic N) is 2. The molecule has 0 aliphatic carbocycles. The second-order valence-corrected chi connectivity index (χ2v) is 3.94. The molecule has 0 fully saturated rings. The van der Waals surface area contributed by atoms with Crippen LogP contribution in [0, 0.1) is 10.1 Å². The Bertz CT molecular complexity index is 509. The van der Waals surface area contributed by atoms with Gasteiger partial charge in [0.05, 0.1) is 11.1 Å². The first-order valence-electron chi connectivity index (χ1n) is 5.60. The number of unbranched alkanes of at least 4 members (excludes halogenated alkanes) is 1. The van der Waals surface area contributed by atoms with E-state index in [2.05, 4.69) is 4.98 Å². The fraction of sp³-hybridized carbons (Fsp3) is 0.455. The smallest absolute Gasteiger partial charge is 0.286 e. The minimum absolute atomic E-state index is 0.206. The Labute approximate surface area is 104 Å². The summed E-state index contributed by atoms with van der Waals surface area (Å²) in [5.74, 6) is -0.506.